The topological polar surface area (TPSA) is 13.0 Å². The average molecular weight is 374 g/mol. The van der Waals surface area contributed by atoms with Gasteiger partial charge in [0.1, 0.15) is 0 Å². The van der Waals surface area contributed by atoms with Gasteiger partial charge in [-0.05, 0) is 0 Å². The third-order valence-corrected chi connectivity index (χ3v) is 9.71. The van der Waals surface area contributed by atoms with Gasteiger partial charge in [0.05, 0.1) is 0 Å². The molecule has 0 bridgehead atoms. The SMILES string of the molecule is CN1CCN(C)[C]1=[Pd]([Cl])([Cl])=[C]1N(C)CCN1C. The average Bonchev–Trinajstić information content (AvgIpc) is 2.71. The normalized spacial score (nSPS) is 27.4. The summed E-state index contributed by atoms with van der Waals surface area (Å²) in [6, 6.07) is 0. The number of likely N-dealkylation sites (N-methyl/N-ethyl adjacent to an activating group) is 4. The quantitative estimate of drug-likeness (QED) is 0.569. The van der Waals surface area contributed by atoms with Gasteiger partial charge in [0.2, 0.25) is 0 Å². The van der Waals surface area contributed by atoms with E-state index >= 15 is 0 Å². The van der Waals surface area contributed by atoms with Gasteiger partial charge >= 0.3 is 114 Å². The first-order chi connectivity index (χ1) is 7.85. The molecule has 0 aliphatic carbocycles. The van der Waals surface area contributed by atoms with E-state index in [-0.39, 0.29) is 0 Å². The maximum absolute atomic E-state index is 6.80. The van der Waals surface area contributed by atoms with Crippen LogP contribution in [-0.4, -0.2) is 82.4 Å². The summed E-state index contributed by atoms with van der Waals surface area (Å²) in [6.07, 6.45) is 0. The van der Waals surface area contributed by atoms with E-state index in [1.807, 2.05) is 0 Å². The second-order valence-electron chi connectivity index (χ2n) is 4.53. The van der Waals surface area contributed by atoms with Crippen LogP contribution in [0.15, 0.2) is 0 Å². The molecule has 2 fully saturated rings. The van der Waals surface area contributed by atoms with Crippen LogP contribution in [0.4, 0.5) is 0 Å². The Labute approximate surface area is 114 Å². The Bertz CT molecular complexity index is 374. The summed E-state index contributed by atoms with van der Waals surface area (Å²) < 4.78 is 2.24. The minimum absolute atomic E-state index is 1.00. The molecule has 0 saturated carbocycles. The molecule has 0 atom stereocenters. The molecule has 2 heterocycles. The summed E-state index contributed by atoms with van der Waals surface area (Å²) in [7, 11) is 21.9. The van der Waals surface area contributed by atoms with Crippen LogP contribution >= 0.6 is 19.1 Å². The zero-order chi connectivity index (χ0) is 12.8. The summed E-state index contributed by atoms with van der Waals surface area (Å²) in [5, 5.41) is 0. The van der Waals surface area contributed by atoms with Crippen LogP contribution in [-0.2, 0) is 12.6 Å². The first-order valence-electron chi connectivity index (χ1n) is 5.50. The van der Waals surface area contributed by atoms with Crippen molar-refractivity contribution >= 4 is 27.5 Å². The fourth-order valence-corrected chi connectivity index (χ4v) is 10.5. The molecule has 2 saturated heterocycles. The predicted molar refractivity (Wildman–Crippen MR) is 72.2 cm³/mol. The van der Waals surface area contributed by atoms with Gasteiger partial charge in [-0.15, -0.1) is 0 Å². The van der Waals surface area contributed by atoms with E-state index in [1.54, 1.807) is 0 Å². The van der Waals surface area contributed by atoms with Crippen LogP contribution in [0.1, 0.15) is 0 Å². The molecule has 7 heteroatoms. The Morgan fingerprint density at radius 3 is 1.18 bits per heavy atom. The van der Waals surface area contributed by atoms with Crippen LogP contribution in [0, 0.1) is 0 Å². The molecule has 2 rings (SSSR count). The van der Waals surface area contributed by atoms with Crippen molar-refractivity contribution in [2.75, 3.05) is 54.4 Å². The van der Waals surface area contributed by atoms with Gasteiger partial charge in [0, 0.05) is 0 Å². The Morgan fingerprint density at radius 2 is 0.941 bits per heavy atom. The Hall–Kier alpha value is 0.822. The number of nitrogens with zero attached hydrogens (tertiary/aromatic N) is 4. The van der Waals surface area contributed by atoms with Crippen molar-refractivity contribution in [2.45, 2.75) is 0 Å². The van der Waals surface area contributed by atoms with Gasteiger partial charge < -0.3 is 0 Å². The van der Waals surface area contributed by atoms with Crippen molar-refractivity contribution in [1.82, 2.24) is 19.6 Å². The summed E-state index contributed by atoms with van der Waals surface area (Å²) in [5.74, 6) is 0. The molecule has 4 nitrogen and oxygen atoms in total. The van der Waals surface area contributed by atoms with E-state index in [9.17, 15) is 0 Å². The molecule has 104 valence electrons. The Balaban J connectivity index is 2.69. The van der Waals surface area contributed by atoms with Crippen molar-refractivity contribution in [2.24, 2.45) is 0 Å². The van der Waals surface area contributed by atoms with Crippen LogP contribution < -0.4 is 0 Å². The molecule has 0 unspecified atom stereocenters. The summed E-state index contributed by atoms with van der Waals surface area (Å²) in [5.41, 5.74) is 0. The zero-order valence-corrected chi connectivity index (χ0v) is 13.8. The van der Waals surface area contributed by atoms with E-state index in [0.717, 1.165) is 34.6 Å². The maximum atomic E-state index is 6.80. The van der Waals surface area contributed by atoms with Crippen molar-refractivity contribution < 1.29 is 12.6 Å². The number of hydrogen-bond acceptors (Lipinski definition) is 4. The van der Waals surface area contributed by atoms with Crippen LogP contribution in [0.2, 0.25) is 0 Å². The van der Waals surface area contributed by atoms with E-state index in [1.165, 1.54) is 0 Å². The molecule has 0 aromatic heterocycles. The predicted octanol–water partition coefficient (Wildman–Crippen LogP) is 0.377. The van der Waals surface area contributed by atoms with Gasteiger partial charge in [-0.3, -0.25) is 0 Å². The molecule has 2 aliphatic rings. The number of hydrogen-bond donors (Lipinski definition) is 0. The molecule has 0 spiro atoms. The van der Waals surface area contributed by atoms with Gasteiger partial charge in [-0.1, -0.05) is 0 Å². The molecule has 0 aromatic rings. The molecule has 0 aromatic carbocycles. The molecule has 0 amide bonds. The standard InChI is InChI=1S/2C5H10N2.2ClH.Pd/c2*1-6-3-4-7(2)5-6;;;/h2*3-4H2,1-2H3;2*1H;/q;;;;+2/p-2. The van der Waals surface area contributed by atoms with Crippen LogP contribution in [0.5, 0.6) is 0 Å². The first kappa shape index (κ1) is 14.2. The van der Waals surface area contributed by atoms with E-state index in [2.05, 4.69) is 47.8 Å². The monoisotopic (exact) mass is 372 g/mol. The fourth-order valence-electron chi connectivity index (χ4n) is 2.19. The summed E-state index contributed by atoms with van der Waals surface area (Å²) in [4.78, 5) is 8.79. The van der Waals surface area contributed by atoms with Crippen molar-refractivity contribution in [3.05, 3.63) is 0 Å². The summed E-state index contributed by atoms with van der Waals surface area (Å²) in [6.45, 7) is 4.01. The van der Waals surface area contributed by atoms with Crippen molar-refractivity contribution in [3.63, 3.8) is 0 Å². The summed E-state index contributed by atoms with van der Waals surface area (Å²) >= 11 is -2.74. The minimum atomic E-state index is -2.74. The van der Waals surface area contributed by atoms with Crippen LogP contribution in [0.3, 0.4) is 0 Å². The van der Waals surface area contributed by atoms with Crippen LogP contribution in [0.25, 0.3) is 0 Å². The van der Waals surface area contributed by atoms with Gasteiger partial charge in [0.15, 0.2) is 0 Å². The van der Waals surface area contributed by atoms with E-state index in [4.69, 9.17) is 19.1 Å². The van der Waals surface area contributed by atoms with E-state index in [0.29, 0.717) is 0 Å². The number of halogens is 2. The van der Waals surface area contributed by atoms with E-state index < -0.39 is 12.6 Å². The fraction of sp³-hybridized carbons (Fsp3) is 0.800. The molecule has 0 radical (unpaired) electrons. The molecule has 0 N–H and O–H groups in total. The van der Waals surface area contributed by atoms with Gasteiger partial charge in [0.25, 0.3) is 0 Å². The molecular weight excluding hydrogens is 353 g/mol. The molecular formula is C10H20Cl2N4Pd. The Morgan fingerprint density at radius 1 is 0.706 bits per heavy atom. The van der Waals surface area contributed by atoms with Crippen molar-refractivity contribution in [1.29, 1.82) is 0 Å². The second kappa shape index (κ2) is 5.07. The Kier molecular flexibility index (Phi) is 4.25. The second-order valence-corrected chi connectivity index (χ2v) is 12.7. The van der Waals surface area contributed by atoms with Gasteiger partial charge in [-0.25, -0.2) is 0 Å². The van der Waals surface area contributed by atoms with Gasteiger partial charge in [-0.2, -0.15) is 0 Å². The zero-order valence-electron chi connectivity index (χ0n) is 10.7. The van der Waals surface area contributed by atoms with Crippen molar-refractivity contribution in [3.8, 4) is 0 Å². The third-order valence-electron chi connectivity index (χ3n) is 3.06. The number of rotatable bonds is 0. The molecule has 2 aliphatic heterocycles. The molecule has 17 heavy (non-hydrogen) atoms. The first-order valence-corrected chi connectivity index (χ1v) is 11.1. The third kappa shape index (κ3) is 2.45.